The molecule has 5 aromatic rings. The van der Waals surface area contributed by atoms with Gasteiger partial charge in [0.05, 0.1) is 17.9 Å². The largest absolute Gasteiger partial charge is 0.257 e. The van der Waals surface area contributed by atoms with Crippen LogP contribution in [0.2, 0.25) is 0 Å². The van der Waals surface area contributed by atoms with E-state index in [1.807, 2.05) is 42.5 Å². The molecule has 0 unspecified atom stereocenters. The van der Waals surface area contributed by atoms with Crippen molar-refractivity contribution in [2.24, 2.45) is 0 Å². The Morgan fingerprint density at radius 2 is 1.62 bits per heavy atom. The Kier molecular flexibility index (Phi) is 5.19. The number of nitrogens with one attached hydrogen (secondary N) is 1. The summed E-state index contributed by atoms with van der Waals surface area (Å²) >= 11 is 0. The molecule has 0 saturated carbocycles. The molecule has 5 rings (SSSR count). The van der Waals surface area contributed by atoms with Gasteiger partial charge < -0.3 is 0 Å². The van der Waals surface area contributed by atoms with Crippen molar-refractivity contribution < 1.29 is 8.42 Å². The molecule has 0 spiro atoms. The number of benzene rings is 3. The van der Waals surface area contributed by atoms with Crippen molar-refractivity contribution in [3.05, 3.63) is 78.6 Å². The number of sulfonamides is 1. The molecule has 0 fully saturated rings. The third kappa shape index (κ3) is 4.30. The van der Waals surface area contributed by atoms with Crippen LogP contribution in [0.3, 0.4) is 0 Å². The van der Waals surface area contributed by atoms with E-state index in [-0.39, 0.29) is 11.9 Å². The molecule has 3 aromatic carbocycles. The highest BCUT2D eigenvalue weighted by atomic mass is 32.2. The summed E-state index contributed by atoms with van der Waals surface area (Å²) in [5.74, 6) is 0.661. The van der Waals surface area contributed by atoms with E-state index in [1.165, 1.54) is 11.0 Å². The van der Waals surface area contributed by atoms with Gasteiger partial charge in [0, 0.05) is 11.1 Å². The summed E-state index contributed by atoms with van der Waals surface area (Å²) in [6.07, 6.45) is 2.21. The lowest BCUT2D eigenvalue weighted by atomic mass is 10.1. The lowest BCUT2D eigenvalue weighted by Crippen LogP contribution is -2.16. The first-order valence-electron chi connectivity index (χ1n) is 10.0. The third-order valence-electron chi connectivity index (χ3n) is 4.90. The number of nitriles is 1. The van der Waals surface area contributed by atoms with Crippen LogP contribution in [-0.4, -0.2) is 44.4 Å². The number of fused-ring (bicyclic) bond motifs is 1. The molecule has 34 heavy (non-hydrogen) atoms. The van der Waals surface area contributed by atoms with Gasteiger partial charge in [-0.15, -0.1) is 0 Å². The van der Waals surface area contributed by atoms with Crippen molar-refractivity contribution >= 4 is 26.7 Å². The Morgan fingerprint density at radius 3 is 2.35 bits per heavy atom. The topological polar surface area (TPSA) is 139 Å². The molecule has 0 aliphatic carbocycles. The van der Waals surface area contributed by atoms with E-state index in [1.54, 1.807) is 24.3 Å². The van der Waals surface area contributed by atoms with Crippen LogP contribution in [-0.2, 0) is 10.0 Å². The van der Waals surface area contributed by atoms with Crippen LogP contribution < -0.4 is 4.72 Å². The van der Waals surface area contributed by atoms with Crippen molar-refractivity contribution in [1.29, 1.82) is 5.26 Å². The molecule has 1 N–H and O–H groups in total. The summed E-state index contributed by atoms with van der Waals surface area (Å²) in [6, 6.07) is 22.7. The lowest BCUT2D eigenvalue weighted by Gasteiger charge is -2.10. The molecule has 0 saturated heterocycles. The van der Waals surface area contributed by atoms with Gasteiger partial charge in [-0.3, -0.25) is 4.72 Å². The Bertz CT molecular complexity index is 1690. The first-order chi connectivity index (χ1) is 16.4. The number of rotatable bonds is 5. The van der Waals surface area contributed by atoms with E-state index in [0.29, 0.717) is 22.8 Å². The highest BCUT2D eigenvalue weighted by Crippen LogP contribution is 2.25. The number of anilines is 1. The summed E-state index contributed by atoms with van der Waals surface area (Å²) in [5, 5.41) is 15.5. The maximum atomic E-state index is 11.8. The van der Waals surface area contributed by atoms with Gasteiger partial charge in [-0.05, 0) is 29.0 Å². The van der Waals surface area contributed by atoms with Gasteiger partial charge in [0.15, 0.2) is 11.6 Å². The molecular weight excluding hydrogens is 452 g/mol. The first-order valence-corrected chi connectivity index (χ1v) is 11.9. The predicted octanol–water partition coefficient (Wildman–Crippen LogP) is 3.18. The molecule has 11 heteroatoms. The fourth-order valence-corrected chi connectivity index (χ4v) is 3.87. The van der Waals surface area contributed by atoms with Gasteiger partial charge in [-0.1, -0.05) is 48.5 Å². The molecule has 0 bridgehead atoms. The van der Waals surface area contributed by atoms with Gasteiger partial charge in [0.2, 0.25) is 16.0 Å². The summed E-state index contributed by atoms with van der Waals surface area (Å²) in [6.45, 7) is 0. The second-order valence-electron chi connectivity index (χ2n) is 7.41. The normalized spacial score (nSPS) is 11.3. The highest BCUT2D eigenvalue weighted by Gasteiger charge is 2.17. The van der Waals surface area contributed by atoms with Gasteiger partial charge in [-0.2, -0.15) is 30.0 Å². The number of hydrogen-bond donors (Lipinski definition) is 1. The molecule has 0 aliphatic rings. The van der Waals surface area contributed by atoms with Gasteiger partial charge >= 0.3 is 0 Å². The van der Waals surface area contributed by atoms with Crippen LogP contribution in [0.15, 0.2) is 73.1 Å². The Hall–Kier alpha value is -4.69. The molecule has 2 aromatic heterocycles. The summed E-state index contributed by atoms with van der Waals surface area (Å²) < 4.78 is 27.0. The van der Waals surface area contributed by atoms with E-state index in [9.17, 15) is 13.7 Å². The smallest absolute Gasteiger partial charge is 0.251 e. The molecule has 166 valence electrons. The van der Waals surface area contributed by atoms with Gasteiger partial charge in [-0.25, -0.2) is 13.4 Å². The fraction of sp³-hybridized carbons (Fsp3) is 0.0435. The Labute approximate surface area is 194 Å². The zero-order valence-electron chi connectivity index (χ0n) is 17.8. The second kappa shape index (κ2) is 8.34. The van der Waals surface area contributed by atoms with Crippen molar-refractivity contribution in [1.82, 2.24) is 29.7 Å². The third-order valence-corrected chi connectivity index (χ3v) is 5.45. The highest BCUT2D eigenvalue weighted by molar-refractivity contribution is 7.92. The molecule has 0 radical (unpaired) electrons. The van der Waals surface area contributed by atoms with Crippen molar-refractivity contribution in [3.63, 3.8) is 0 Å². The minimum atomic E-state index is -3.62. The van der Waals surface area contributed by atoms with Crippen LogP contribution in [0, 0.1) is 11.3 Å². The Balaban J connectivity index is 1.72. The molecule has 2 heterocycles. The van der Waals surface area contributed by atoms with Crippen LogP contribution >= 0.6 is 0 Å². The minimum absolute atomic E-state index is 0.0603. The zero-order valence-corrected chi connectivity index (χ0v) is 18.6. The maximum absolute atomic E-state index is 11.8. The fourth-order valence-electron chi connectivity index (χ4n) is 3.40. The number of hydrogen-bond acceptors (Lipinski definition) is 8. The number of nitrogens with zero attached hydrogens (tertiary/aromatic N) is 7. The molecule has 0 amide bonds. The zero-order chi connectivity index (χ0) is 23.7. The van der Waals surface area contributed by atoms with Crippen LogP contribution in [0.1, 0.15) is 5.56 Å². The molecule has 10 nitrogen and oxygen atoms in total. The van der Waals surface area contributed by atoms with E-state index < -0.39 is 10.0 Å². The minimum Gasteiger partial charge on any atom is -0.251 e. The van der Waals surface area contributed by atoms with Crippen LogP contribution in [0.25, 0.3) is 39.5 Å². The molecule has 0 atom stereocenters. The molecule has 0 aliphatic heterocycles. The van der Waals surface area contributed by atoms with E-state index >= 15 is 0 Å². The van der Waals surface area contributed by atoms with E-state index in [0.717, 1.165) is 22.6 Å². The standard InChI is InChI=1S/C23H16N8O2S/c1-34(32,33)30-22-25-14-26-31(22)23-28-20(18-8-4-5-15(11-18)13-24)27-21(29-23)19-10-9-16-6-2-3-7-17(16)12-19/h2-12,14H,1H3,(H,25,26,30). The van der Waals surface area contributed by atoms with Crippen LogP contribution in [0.4, 0.5) is 5.95 Å². The van der Waals surface area contributed by atoms with E-state index in [4.69, 9.17) is 0 Å². The first kappa shape index (κ1) is 21.2. The second-order valence-corrected chi connectivity index (χ2v) is 9.16. The molecular formula is C23H16N8O2S. The van der Waals surface area contributed by atoms with Gasteiger partial charge in [0.1, 0.15) is 6.33 Å². The summed E-state index contributed by atoms with van der Waals surface area (Å²) in [4.78, 5) is 17.7. The summed E-state index contributed by atoms with van der Waals surface area (Å²) in [5.41, 5.74) is 1.78. The van der Waals surface area contributed by atoms with Crippen molar-refractivity contribution in [2.75, 3.05) is 11.0 Å². The average molecular weight is 469 g/mol. The van der Waals surface area contributed by atoms with E-state index in [2.05, 4.69) is 35.8 Å². The maximum Gasteiger partial charge on any atom is 0.257 e. The van der Waals surface area contributed by atoms with Crippen molar-refractivity contribution in [3.8, 4) is 34.8 Å². The average Bonchev–Trinajstić information content (AvgIpc) is 3.30. The monoisotopic (exact) mass is 468 g/mol. The SMILES string of the molecule is CS(=O)(=O)Nc1ncnn1-c1nc(-c2cccc(C#N)c2)nc(-c2ccc3ccccc3c2)n1. The summed E-state index contributed by atoms with van der Waals surface area (Å²) in [7, 11) is -3.62. The lowest BCUT2D eigenvalue weighted by molar-refractivity contribution is 0.606. The quantitative estimate of drug-likeness (QED) is 0.415. The Morgan fingerprint density at radius 1 is 0.882 bits per heavy atom. The van der Waals surface area contributed by atoms with Crippen LogP contribution in [0.5, 0.6) is 0 Å². The van der Waals surface area contributed by atoms with Crippen molar-refractivity contribution in [2.45, 2.75) is 0 Å². The number of aromatic nitrogens is 6. The van der Waals surface area contributed by atoms with Gasteiger partial charge in [0.25, 0.3) is 5.95 Å². The predicted molar refractivity (Wildman–Crippen MR) is 126 cm³/mol.